The molecule has 102 valence electrons. The van der Waals surface area contributed by atoms with Gasteiger partial charge in [0.1, 0.15) is 0 Å². The van der Waals surface area contributed by atoms with Crippen LogP contribution in [0, 0.1) is 0 Å². The first-order valence-electron chi connectivity index (χ1n) is 6.09. The monoisotopic (exact) mass is 344 g/mol. The molecule has 0 heterocycles. The van der Waals surface area contributed by atoms with Crippen LogP contribution in [0.25, 0.3) is 0 Å². The number of rotatable bonds is 5. The Hall–Kier alpha value is -1.07. The van der Waals surface area contributed by atoms with Crippen LogP contribution in [0.3, 0.4) is 0 Å². The third-order valence-electron chi connectivity index (χ3n) is 2.76. The molecule has 0 unspecified atom stereocenters. The van der Waals surface area contributed by atoms with Crippen molar-refractivity contribution < 1.29 is 9.59 Å². The van der Waals surface area contributed by atoms with Crippen molar-refractivity contribution in [3.8, 4) is 0 Å². The molecule has 0 aliphatic heterocycles. The van der Waals surface area contributed by atoms with Crippen LogP contribution in [0.4, 0.5) is 0 Å². The highest BCUT2D eigenvalue weighted by Crippen LogP contribution is 2.23. The van der Waals surface area contributed by atoms with Crippen LogP contribution in [-0.2, 0) is 4.79 Å². The minimum Gasteiger partial charge on any atom is -0.353 e. The molecule has 2 amide bonds. The highest BCUT2D eigenvalue weighted by molar-refractivity contribution is 9.10. The predicted octanol–water partition coefficient (Wildman–Crippen LogP) is 2.50. The van der Waals surface area contributed by atoms with Gasteiger partial charge in [-0.2, -0.15) is 0 Å². The fourth-order valence-corrected chi connectivity index (χ4v) is 1.98. The van der Waals surface area contributed by atoms with Gasteiger partial charge in [-0.3, -0.25) is 9.59 Å². The van der Waals surface area contributed by atoms with Gasteiger partial charge in [0.05, 0.1) is 5.02 Å². The first-order chi connectivity index (χ1) is 9.06. The second kappa shape index (κ2) is 6.39. The van der Waals surface area contributed by atoms with Crippen molar-refractivity contribution in [1.29, 1.82) is 0 Å². The van der Waals surface area contributed by atoms with Gasteiger partial charge in [0, 0.05) is 29.0 Å². The summed E-state index contributed by atoms with van der Waals surface area (Å²) in [5, 5.41) is 6.05. The van der Waals surface area contributed by atoms with Crippen molar-refractivity contribution in [1.82, 2.24) is 10.6 Å². The van der Waals surface area contributed by atoms with E-state index in [1.165, 1.54) is 0 Å². The normalized spacial score (nSPS) is 14.0. The molecule has 0 radical (unpaired) electrons. The Bertz CT molecular complexity index is 503. The maximum atomic E-state index is 11.8. The number of amides is 2. The fourth-order valence-electron chi connectivity index (χ4n) is 1.56. The van der Waals surface area contributed by atoms with Gasteiger partial charge in [0.2, 0.25) is 5.91 Å². The first-order valence-corrected chi connectivity index (χ1v) is 7.26. The lowest BCUT2D eigenvalue weighted by molar-refractivity contribution is -0.121. The van der Waals surface area contributed by atoms with Crippen molar-refractivity contribution in [3.05, 3.63) is 33.3 Å². The number of halogens is 2. The van der Waals surface area contributed by atoms with E-state index in [-0.39, 0.29) is 11.8 Å². The quantitative estimate of drug-likeness (QED) is 0.861. The van der Waals surface area contributed by atoms with E-state index in [1.807, 2.05) is 0 Å². The molecule has 1 aromatic carbocycles. The predicted molar refractivity (Wildman–Crippen MR) is 77.3 cm³/mol. The maximum Gasteiger partial charge on any atom is 0.251 e. The summed E-state index contributed by atoms with van der Waals surface area (Å²) in [5.41, 5.74) is 0.482. The summed E-state index contributed by atoms with van der Waals surface area (Å²) in [6.07, 6.45) is 2.43. The topological polar surface area (TPSA) is 58.2 Å². The minimum absolute atomic E-state index is 0.0170. The van der Waals surface area contributed by atoms with Gasteiger partial charge >= 0.3 is 0 Å². The van der Waals surface area contributed by atoms with Crippen LogP contribution in [0.15, 0.2) is 22.7 Å². The largest absolute Gasteiger partial charge is 0.353 e. The number of nitrogens with one attached hydrogen (secondary N) is 2. The van der Waals surface area contributed by atoms with E-state index in [1.54, 1.807) is 18.2 Å². The zero-order valence-electron chi connectivity index (χ0n) is 10.2. The molecule has 1 aliphatic carbocycles. The summed E-state index contributed by atoms with van der Waals surface area (Å²) in [6.45, 7) is 0.324. The zero-order valence-corrected chi connectivity index (χ0v) is 12.6. The molecule has 1 aromatic rings. The Kier molecular flexibility index (Phi) is 4.82. The van der Waals surface area contributed by atoms with E-state index in [2.05, 4.69) is 26.6 Å². The molecule has 1 saturated carbocycles. The third kappa shape index (κ3) is 4.51. The third-order valence-corrected chi connectivity index (χ3v) is 3.99. The molecular weight excluding hydrogens is 332 g/mol. The molecule has 0 atom stereocenters. The highest BCUT2D eigenvalue weighted by atomic mass is 79.9. The molecular formula is C13H14BrClN2O2. The number of carbonyl (C=O) groups excluding carboxylic acids is 2. The summed E-state index contributed by atoms with van der Waals surface area (Å²) < 4.78 is 0.745. The molecule has 1 aliphatic rings. The molecule has 2 rings (SSSR count). The fraction of sp³-hybridized carbons (Fsp3) is 0.385. The number of carbonyl (C=O) groups is 2. The molecule has 0 aromatic heterocycles. The average Bonchev–Trinajstić information content (AvgIpc) is 3.16. The van der Waals surface area contributed by atoms with Crippen LogP contribution in [0.1, 0.15) is 29.6 Å². The first kappa shape index (κ1) is 14.3. The Morgan fingerprint density at radius 1 is 1.37 bits per heavy atom. The van der Waals surface area contributed by atoms with Crippen LogP contribution in [-0.4, -0.2) is 24.4 Å². The summed E-state index contributed by atoms with van der Waals surface area (Å²) in [7, 11) is 0. The van der Waals surface area contributed by atoms with E-state index < -0.39 is 0 Å². The minimum atomic E-state index is -0.228. The van der Waals surface area contributed by atoms with Crippen LogP contribution < -0.4 is 10.6 Å². The molecule has 0 bridgehead atoms. The van der Waals surface area contributed by atoms with Gasteiger partial charge in [-0.15, -0.1) is 0 Å². The molecule has 1 fully saturated rings. The Morgan fingerprint density at radius 2 is 2.11 bits per heavy atom. The van der Waals surface area contributed by atoms with Gasteiger partial charge in [-0.05, 0) is 47.0 Å². The van der Waals surface area contributed by atoms with Gasteiger partial charge < -0.3 is 10.6 Å². The van der Waals surface area contributed by atoms with Crippen molar-refractivity contribution in [2.45, 2.75) is 25.3 Å². The van der Waals surface area contributed by atoms with E-state index in [0.29, 0.717) is 29.6 Å². The lowest BCUT2D eigenvalue weighted by Gasteiger charge is -2.06. The Morgan fingerprint density at radius 3 is 2.74 bits per heavy atom. The van der Waals surface area contributed by atoms with Gasteiger partial charge in [-0.25, -0.2) is 0 Å². The smallest absolute Gasteiger partial charge is 0.251 e. The van der Waals surface area contributed by atoms with Gasteiger partial charge in [0.25, 0.3) is 5.91 Å². The standard InChI is InChI=1S/C13H14BrClN2O2/c14-10-4-1-8(7-11(10)15)13(19)16-6-5-12(18)17-9-2-3-9/h1,4,7,9H,2-3,5-6H2,(H,16,19)(H,17,18). The van der Waals surface area contributed by atoms with E-state index in [4.69, 9.17) is 11.6 Å². The molecule has 4 nitrogen and oxygen atoms in total. The van der Waals surface area contributed by atoms with Crippen LogP contribution >= 0.6 is 27.5 Å². The average molecular weight is 346 g/mol. The Labute approximate surface area is 125 Å². The number of benzene rings is 1. The summed E-state index contributed by atoms with van der Waals surface area (Å²) in [4.78, 5) is 23.2. The summed E-state index contributed by atoms with van der Waals surface area (Å²) in [5.74, 6) is -0.245. The maximum absolute atomic E-state index is 11.8. The van der Waals surface area contributed by atoms with E-state index in [9.17, 15) is 9.59 Å². The SMILES string of the molecule is O=C(CCNC(=O)c1ccc(Br)c(Cl)c1)NC1CC1. The second-order valence-corrected chi connectivity index (χ2v) is 5.74. The van der Waals surface area contributed by atoms with Crippen LogP contribution in [0.5, 0.6) is 0 Å². The van der Waals surface area contributed by atoms with Crippen molar-refractivity contribution in [2.24, 2.45) is 0 Å². The lowest BCUT2D eigenvalue weighted by Crippen LogP contribution is -2.31. The lowest BCUT2D eigenvalue weighted by atomic mass is 10.2. The summed E-state index contributed by atoms with van der Waals surface area (Å²) in [6, 6.07) is 5.34. The summed E-state index contributed by atoms with van der Waals surface area (Å²) >= 11 is 9.18. The number of hydrogen-bond donors (Lipinski definition) is 2. The Balaban J connectivity index is 1.76. The van der Waals surface area contributed by atoms with E-state index in [0.717, 1.165) is 17.3 Å². The van der Waals surface area contributed by atoms with Crippen molar-refractivity contribution >= 4 is 39.3 Å². The molecule has 0 spiro atoms. The van der Waals surface area contributed by atoms with Crippen LogP contribution in [0.2, 0.25) is 5.02 Å². The van der Waals surface area contributed by atoms with Crippen molar-refractivity contribution in [2.75, 3.05) is 6.54 Å². The van der Waals surface area contributed by atoms with Gasteiger partial charge in [0.15, 0.2) is 0 Å². The van der Waals surface area contributed by atoms with E-state index >= 15 is 0 Å². The zero-order chi connectivity index (χ0) is 13.8. The van der Waals surface area contributed by atoms with Crippen molar-refractivity contribution in [3.63, 3.8) is 0 Å². The number of hydrogen-bond acceptors (Lipinski definition) is 2. The second-order valence-electron chi connectivity index (χ2n) is 4.48. The molecule has 6 heteroatoms. The molecule has 2 N–H and O–H groups in total. The van der Waals surface area contributed by atoms with Gasteiger partial charge in [-0.1, -0.05) is 11.6 Å². The molecule has 0 saturated heterocycles. The molecule has 19 heavy (non-hydrogen) atoms. The highest BCUT2D eigenvalue weighted by Gasteiger charge is 2.22.